The summed E-state index contributed by atoms with van der Waals surface area (Å²) in [5.74, 6) is 0.955. The maximum absolute atomic E-state index is 9.02. The SMILES string of the molecule is OCc1cc2n(n1)CCN(CC1CC1)C2. The molecule has 0 spiro atoms. The van der Waals surface area contributed by atoms with Crippen molar-refractivity contribution in [3.8, 4) is 0 Å². The Morgan fingerprint density at radius 3 is 3.00 bits per heavy atom. The van der Waals surface area contributed by atoms with Gasteiger partial charge in [0.05, 0.1) is 24.5 Å². The minimum atomic E-state index is 0.0582. The van der Waals surface area contributed by atoms with Crippen molar-refractivity contribution in [1.29, 1.82) is 0 Å². The standard InChI is InChI=1S/C11H17N3O/c15-8-10-5-11-7-13(6-9-1-2-9)3-4-14(11)12-10/h5,9,15H,1-4,6-8H2. The van der Waals surface area contributed by atoms with Crippen molar-refractivity contribution in [2.45, 2.75) is 32.5 Å². The van der Waals surface area contributed by atoms with Gasteiger partial charge in [0.1, 0.15) is 0 Å². The number of aromatic nitrogens is 2. The second-order valence-electron chi connectivity index (χ2n) is 4.69. The van der Waals surface area contributed by atoms with E-state index < -0.39 is 0 Å². The van der Waals surface area contributed by atoms with Crippen molar-refractivity contribution >= 4 is 0 Å². The fourth-order valence-corrected chi connectivity index (χ4v) is 2.28. The van der Waals surface area contributed by atoms with Crippen LogP contribution in [0, 0.1) is 5.92 Å². The normalized spacial score (nSPS) is 21.7. The zero-order valence-corrected chi connectivity index (χ0v) is 8.89. The van der Waals surface area contributed by atoms with Crippen LogP contribution in [0.5, 0.6) is 0 Å². The molecule has 2 aliphatic rings. The molecule has 0 saturated heterocycles. The van der Waals surface area contributed by atoms with Crippen molar-refractivity contribution in [3.05, 3.63) is 17.5 Å². The highest BCUT2D eigenvalue weighted by atomic mass is 16.3. The van der Waals surface area contributed by atoms with E-state index in [2.05, 4.69) is 10.00 Å². The van der Waals surface area contributed by atoms with Crippen LogP contribution in [-0.2, 0) is 19.7 Å². The summed E-state index contributed by atoms with van der Waals surface area (Å²) in [6.45, 7) is 4.39. The van der Waals surface area contributed by atoms with Crippen LogP contribution in [0.2, 0.25) is 0 Å². The Hall–Kier alpha value is -0.870. The molecule has 1 aliphatic carbocycles. The Balaban J connectivity index is 1.70. The molecule has 1 fully saturated rings. The maximum atomic E-state index is 9.02. The van der Waals surface area contributed by atoms with E-state index in [4.69, 9.17) is 5.11 Å². The highest BCUT2D eigenvalue weighted by Gasteiger charge is 2.26. The molecule has 15 heavy (non-hydrogen) atoms. The lowest BCUT2D eigenvalue weighted by molar-refractivity contribution is 0.204. The first kappa shape index (κ1) is 9.36. The van der Waals surface area contributed by atoms with Crippen LogP contribution in [0.1, 0.15) is 24.2 Å². The summed E-state index contributed by atoms with van der Waals surface area (Å²) in [7, 11) is 0. The average Bonchev–Trinajstić information content (AvgIpc) is 2.96. The molecule has 1 aliphatic heterocycles. The molecule has 0 bridgehead atoms. The summed E-state index contributed by atoms with van der Waals surface area (Å²) in [6, 6.07) is 2.03. The molecule has 82 valence electrons. The lowest BCUT2D eigenvalue weighted by Crippen LogP contribution is -2.35. The van der Waals surface area contributed by atoms with Crippen LogP contribution in [-0.4, -0.2) is 32.9 Å². The molecule has 1 aromatic rings. The lowest BCUT2D eigenvalue weighted by atomic mass is 10.2. The van der Waals surface area contributed by atoms with E-state index >= 15 is 0 Å². The third-order valence-corrected chi connectivity index (χ3v) is 3.30. The Labute approximate surface area is 89.5 Å². The van der Waals surface area contributed by atoms with Gasteiger partial charge in [-0.15, -0.1) is 0 Å². The van der Waals surface area contributed by atoms with E-state index in [1.165, 1.54) is 25.1 Å². The molecule has 1 N–H and O–H groups in total. The summed E-state index contributed by atoms with van der Waals surface area (Å²) in [5, 5.41) is 13.4. The van der Waals surface area contributed by atoms with Crippen molar-refractivity contribution in [2.24, 2.45) is 5.92 Å². The van der Waals surface area contributed by atoms with Gasteiger partial charge >= 0.3 is 0 Å². The zero-order valence-electron chi connectivity index (χ0n) is 8.89. The van der Waals surface area contributed by atoms with Crippen LogP contribution in [0.25, 0.3) is 0 Å². The van der Waals surface area contributed by atoms with E-state index in [1.54, 1.807) is 0 Å². The molecule has 0 radical (unpaired) electrons. The Morgan fingerprint density at radius 2 is 2.27 bits per heavy atom. The fraction of sp³-hybridized carbons (Fsp3) is 0.727. The Bertz CT molecular complexity index is 357. The smallest absolute Gasteiger partial charge is 0.0882 e. The van der Waals surface area contributed by atoms with Gasteiger partial charge in [-0.2, -0.15) is 5.10 Å². The summed E-state index contributed by atoms with van der Waals surface area (Å²) in [4.78, 5) is 2.51. The molecule has 0 unspecified atom stereocenters. The Morgan fingerprint density at radius 1 is 1.40 bits per heavy atom. The first-order valence-electron chi connectivity index (χ1n) is 5.74. The van der Waals surface area contributed by atoms with Gasteiger partial charge in [0.15, 0.2) is 0 Å². The molecular formula is C11H17N3O. The molecule has 1 saturated carbocycles. The highest BCUT2D eigenvalue weighted by molar-refractivity contribution is 5.11. The maximum Gasteiger partial charge on any atom is 0.0882 e. The van der Waals surface area contributed by atoms with Gasteiger partial charge in [-0.1, -0.05) is 0 Å². The molecule has 3 rings (SSSR count). The molecule has 0 atom stereocenters. The van der Waals surface area contributed by atoms with Crippen molar-refractivity contribution in [1.82, 2.24) is 14.7 Å². The molecule has 2 heterocycles. The molecule has 0 amide bonds. The number of rotatable bonds is 3. The van der Waals surface area contributed by atoms with Gasteiger partial charge in [-0.3, -0.25) is 9.58 Å². The number of nitrogens with zero attached hydrogens (tertiary/aromatic N) is 3. The molecule has 4 heteroatoms. The van der Waals surface area contributed by atoms with Crippen LogP contribution in [0.3, 0.4) is 0 Å². The molecule has 4 nitrogen and oxygen atoms in total. The number of aliphatic hydroxyl groups excluding tert-OH is 1. The first-order chi connectivity index (χ1) is 7.35. The van der Waals surface area contributed by atoms with Crippen LogP contribution in [0.15, 0.2) is 6.07 Å². The van der Waals surface area contributed by atoms with Crippen molar-refractivity contribution in [2.75, 3.05) is 13.1 Å². The Kier molecular flexibility index (Phi) is 2.25. The quantitative estimate of drug-likeness (QED) is 0.789. The van der Waals surface area contributed by atoms with Gasteiger partial charge in [-0.05, 0) is 24.8 Å². The highest BCUT2D eigenvalue weighted by Crippen LogP contribution is 2.30. The predicted octanol–water partition coefficient (Wildman–Crippen LogP) is 0.601. The first-order valence-corrected chi connectivity index (χ1v) is 5.74. The largest absolute Gasteiger partial charge is 0.390 e. The predicted molar refractivity (Wildman–Crippen MR) is 56.2 cm³/mol. The minimum absolute atomic E-state index is 0.0582. The van der Waals surface area contributed by atoms with Gasteiger partial charge in [0, 0.05) is 19.6 Å². The minimum Gasteiger partial charge on any atom is -0.390 e. The second kappa shape index (κ2) is 3.61. The third kappa shape index (κ3) is 1.92. The number of aliphatic hydroxyl groups is 1. The summed E-state index contributed by atoms with van der Waals surface area (Å²) in [5.41, 5.74) is 2.06. The van der Waals surface area contributed by atoms with Gasteiger partial charge < -0.3 is 5.11 Å². The lowest BCUT2D eigenvalue weighted by Gasteiger charge is -2.27. The van der Waals surface area contributed by atoms with Gasteiger partial charge in [0.25, 0.3) is 0 Å². The number of fused-ring (bicyclic) bond motifs is 1. The van der Waals surface area contributed by atoms with E-state index in [0.29, 0.717) is 0 Å². The second-order valence-corrected chi connectivity index (χ2v) is 4.69. The number of hydrogen-bond acceptors (Lipinski definition) is 3. The number of hydrogen-bond donors (Lipinski definition) is 1. The van der Waals surface area contributed by atoms with Crippen molar-refractivity contribution in [3.63, 3.8) is 0 Å². The monoisotopic (exact) mass is 207 g/mol. The van der Waals surface area contributed by atoms with Crippen LogP contribution >= 0.6 is 0 Å². The van der Waals surface area contributed by atoms with Crippen molar-refractivity contribution < 1.29 is 5.11 Å². The zero-order chi connectivity index (χ0) is 10.3. The fourth-order valence-electron chi connectivity index (χ4n) is 2.28. The van der Waals surface area contributed by atoms with Crippen LogP contribution in [0.4, 0.5) is 0 Å². The average molecular weight is 207 g/mol. The van der Waals surface area contributed by atoms with E-state index in [0.717, 1.165) is 31.2 Å². The third-order valence-electron chi connectivity index (χ3n) is 3.30. The van der Waals surface area contributed by atoms with Crippen LogP contribution < -0.4 is 0 Å². The van der Waals surface area contributed by atoms with E-state index in [9.17, 15) is 0 Å². The van der Waals surface area contributed by atoms with E-state index in [1.807, 2.05) is 10.7 Å². The van der Waals surface area contributed by atoms with Gasteiger partial charge in [0.2, 0.25) is 0 Å². The summed E-state index contributed by atoms with van der Waals surface area (Å²) >= 11 is 0. The topological polar surface area (TPSA) is 41.3 Å². The summed E-state index contributed by atoms with van der Waals surface area (Å²) in [6.07, 6.45) is 2.83. The summed E-state index contributed by atoms with van der Waals surface area (Å²) < 4.78 is 2.04. The molecular weight excluding hydrogens is 190 g/mol. The molecule has 1 aromatic heterocycles. The van der Waals surface area contributed by atoms with E-state index in [-0.39, 0.29) is 6.61 Å². The van der Waals surface area contributed by atoms with Gasteiger partial charge in [-0.25, -0.2) is 0 Å². The molecule has 0 aromatic carbocycles.